The molecule has 0 spiro atoms. The highest BCUT2D eigenvalue weighted by Crippen LogP contribution is 2.42. The number of aliphatic carboxylic acids is 1. The molecule has 2 aliphatic rings. The van der Waals surface area contributed by atoms with E-state index in [1.54, 1.807) is 17.9 Å². The maximum absolute atomic E-state index is 15.5. The molecular weight excluding hydrogens is 541 g/mol. The van der Waals surface area contributed by atoms with Crippen molar-refractivity contribution in [3.8, 4) is 17.2 Å². The van der Waals surface area contributed by atoms with E-state index in [4.69, 9.17) is 24.7 Å². The molecule has 0 aliphatic carbocycles. The Bertz CT molecular complexity index is 1350. The third kappa shape index (κ3) is 6.63. The highest BCUT2D eigenvalue weighted by atomic mass is 19.1. The van der Waals surface area contributed by atoms with Gasteiger partial charge in [0.1, 0.15) is 11.6 Å². The molecule has 1 fully saturated rings. The van der Waals surface area contributed by atoms with Crippen molar-refractivity contribution < 1.29 is 33.3 Å². The number of carbonyl (C=O) groups is 2. The van der Waals surface area contributed by atoms with Crippen molar-refractivity contribution in [1.82, 2.24) is 4.90 Å². The number of carboxylic acid groups (broad SMARTS) is 1. The van der Waals surface area contributed by atoms with Gasteiger partial charge in [-0.3, -0.25) is 15.0 Å². The van der Waals surface area contributed by atoms with Crippen LogP contribution in [-0.4, -0.2) is 67.0 Å². The number of nitrogens with zero attached hydrogens (tertiary/aromatic N) is 2. The molecule has 2 aliphatic heterocycles. The Hall–Kier alpha value is -3.82. The number of benzene rings is 2. The Balaban J connectivity index is 1.65. The SMILES string of the molecule is CCOc1cc2c(c(F)c1OCC)C(=N)N(CC(=O)c1cc(N3CCCC3)c(OCCCC(=O)O)c(C(C)(C)C)c1)C2. The predicted molar refractivity (Wildman–Crippen MR) is 159 cm³/mol. The van der Waals surface area contributed by atoms with Crippen molar-refractivity contribution in [3.63, 3.8) is 0 Å². The van der Waals surface area contributed by atoms with E-state index in [2.05, 4.69) is 25.7 Å². The maximum atomic E-state index is 15.5. The van der Waals surface area contributed by atoms with E-state index in [0.29, 0.717) is 35.7 Å². The molecule has 2 heterocycles. The molecule has 1 saturated heterocycles. The standard InChI is InChI=1S/C32H42FN3O6/c1-6-40-25-17-21-18-36(31(34)27(21)28(33)30(25)41-7-2)19-24(37)20-15-22(32(3,4)5)29(42-14-10-11-26(38)39)23(16-20)35-12-8-9-13-35/h15-17,34H,6-14,18-19H2,1-5H3,(H,38,39). The summed E-state index contributed by atoms with van der Waals surface area (Å²) in [6, 6.07) is 5.40. The van der Waals surface area contributed by atoms with Gasteiger partial charge in [0, 0.05) is 37.2 Å². The first-order chi connectivity index (χ1) is 20.0. The largest absolute Gasteiger partial charge is 0.491 e. The Morgan fingerprint density at radius 1 is 1.02 bits per heavy atom. The second-order valence-corrected chi connectivity index (χ2v) is 11.7. The minimum Gasteiger partial charge on any atom is -0.491 e. The van der Waals surface area contributed by atoms with E-state index in [9.17, 15) is 9.59 Å². The minimum absolute atomic E-state index is 0.0138. The first-order valence-electron chi connectivity index (χ1n) is 14.7. The van der Waals surface area contributed by atoms with Gasteiger partial charge in [0.15, 0.2) is 23.1 Å². The number of carbonyl (C=O) groups excluding carboxylic acids is 1. The second kappa shape index (κ2) is 13.0. The average Bonchev–Trinajstić information content (AvgIpc) is 3.56. The summed E-state index contributed by atoms with van der Waals surface area (Å²) in [6.07, 6.45) is 2.46. The van der Waals surface area contributed by atoms with Crippen molar-refractivity contribution >= 4 is 23.3 Å². The van der Waals surface area contributed by atoms with Gasteiger partial charge in [-0.05, 0) is 62.3 Å². The number of anilines is 1. The predicted octanol–water partition coefficient (Wildman–Crippen LogP) is 5.79. The summed E-state index contributed by atoms with van der Waals surface area (Å²) >= 11 is 0. The van der Waals surface area contributed by atoms with Crippen LogP contribution in [0.3, 0.4) is 0 Å². The quantitative estimate of drug-likeness (QED) is 0.225. The van der Waals surface area contributed by atoms with E-state index >= 15 is 4.39 Å². The highest BCUT2D eigenvalue weighted by molar-refractivity contribution is 6.06. The summed E-state index contributed by atoms with van der Waals surface area (Å²) in [6.45, 7) is 12.4. The molecule has 0 unspecified atom stereocenters. The number of amidine groups is 1. The summed E-state index contributed by atoms with van der Waals surface area (Å²) in [5, 5.41) is 17.8. The van der Waals surface area contributed by atoms with E-state index in [-0.39, 0.29) is 61.1 Å². The average molecular weight is 584 g/mol. The molecule has 0 bridgehead atoms. The van der Waals surface area contributed by atoms with Crippen molar-refractivity contribution in [3.05, 3.63) is 46.3 Å². The Labute approximate surface area is 247 Å². The number of carboxylic acids is 1. The maximum Gasteiger partial charge on any atom is 0.303 e. The summed E-state index contributed by atoms with van der Waals surface area (Å²) in [5.74, 6) is -0.802. The van der Waals surface area contributed by atoms with Gasteiger partial charge in [-0.25, -0.2) is 4.39 Å². The van der Waals surface area contributed by atoms with Crippen LogP contribution in [0, 0.1) is 11.2 Å². The monoisotopic (exact) mass is 583 g/mol. The molecule has 9 nitrogen and oxygen atoms in total. The minimum atomic E-state index is -0.868. The Morgan fingerprint density at radius 3 is 2.33 bits per heavy atom. The number of fused-ring (bicyclic) bond motifs is 1. The summed E-state index contributed by atoms with van der Waals surface area (Å²) < 4.78 is 32.9. The van der Waals surface area contributed by atoms with Crippen LogP contribution in [0.4, 0.5) is 10.1 Å². The third-order valence-corrected chi connectivity index (χ3v) is 7.53. The van der Waals surface area contributed by atoms with Gasteiger partial charge >= 0.3 is 5.97 Å². The lowest BCUT2D eigenvalue weighted by Gasteiger charge is -2.30. The van der Waals surface area contributed by atoms with Crippen molar-refractivity contribution in [1.29, 1.82) is 5.41 Å². The fourth-order valence-electron chi connectivity index (χ4n) is 5.50. The van der Waals surface area contributed by atoms with Gasteiger partial charge in [-0.15, -0.1) is 0 Å². The van der Waals surface area contributed by atoms with Crippen molar-refractivity contribution in [2.24, 2.45) is 0 Å². The molecule has 10 heteroatoms. The molecule has 228 valence electrons. The first-order valence-corrected chi connectivity index (χ1v) is 14.7. The number of hydrogen-bond acceptors (Lipinski definition) is 7. The van der Waals surface area contributed by atoms with Gasteiger partial charge in [-0.1, -0.05) is 20.8 Å². The van der Waals surface area contributed by atoms with Gasteiger partial charge in [0.25, 0.3) is 0 Å². The molecule has 2 N–H and O–H groups in total. The molecule has 4 rings (SSSR count). The second-order valence-electron chi connectivity index (χ2n) is 11.7. The van der Waals surface area contributed by atoms with E-state index < -0.39 is 11.8 Å². The van der Waals surface area contributed by atoms with E-state index in [1.807, 2.05) is 19.1 Å². The molecule has 0 amide bonds. The van der Waals surface area contributed by atoms with Gasteiger partial charge in [0.05, 0.1) is 37.6 Å². The number of nitrogens with one attached hydrogen (secondary N) is 1. The third-order valence-electron chi connectivity index (χ3n) is 7.53. The molecule has 0 atom stereocenters. The summed E-state index contributed by atoms with van der Waals surface area (Å²) in [5.41, 5.74) is 2.53. The molecular formula is C32H42FN3O6. The lowest BCUT2D eigenvalue weighted by atomic mass is 9.84. The van der Waals surface area contributed by atoms with Crippen LogP contribution < -0.4 is 19.1 Å². The van der Waals surface area contributed by atoms with Crippen LogP contribution in [0.2, 0.25) is 0 Å². The molecule has 0 radical (unpaired) electrons. The molecule has 0 aromatic heterocycles. The summed E-state index contributed by atoms with van der Waals surface area (Å²) in [4.78, 5) is 28.6. The number of ether oxygens (including phenoxy) is 3. The van der Waals surface area contributed by atoms with E-state index in [1.165, 1.54) is 0 Å². The topological polar surface area (TPSA) is 112 Å². The number of halogens is 1. The van der Waals surface area contributed by atoms with Gasteiger partial charge < -0.3 is 29.1 Å². The Kier molecular flexibility index (Phi) is 9.64. The van der Waals surface area contributed by atoms with Crippen LogP contribution in [0.5, 0.6) is 17.2 Å². The van der Waals surface area contributed by atoms with Crippen LogP contribution in [0.1, 0.15) is 87.4 Å². The zero-order valence-electron chi connectivity index (χ0n) is 25.3. The fraction of sp³-hybridized carbons (Fsp3) is 0.531. The van der Waals surface area contributed by atoms with Gasteiger partial charge in [-0.2, -0.15) is 0 Å². The smallest absolute Gasteiger partial charge is 0.303 e. The van der Waals surface area contributed by atoms with Crippen LogP contribution >= 0.6 is 0 Å². The lowest BCUT2D eigenvalue weighted by Crippen LogP contribution is -2.31. The number of hydrogen-bond donors (Lipinski definition) is 2. The molecule has 2 aromatic rings. The van der Waals surface area contributed by atoms with E-state index in [0.717, 1.165) is 37.2 Å². The molecule has 2 aromatic carbocycles. The fourth-order valence-corrected chi connectivity index (χ4v) is 5.50. The van der Waals surface area contributed by atoms with Crippen LogP contribution in [-0.2, 0) is 16.8 Å². The Morgan fingerprint density at radius 2 is 1.71 bits per heavy atom. The van der Waals surface area contributed by atoms with Crippen LogP contribution in [0.25, 0.3) is 0 Å². The first kappa shape index (κ1) is 31.1. The van der Waals surface area contributed by atoms with Crippen molar-refractivity contribution in [2.45, 2.75) is 72.3 Å². The number of Topliss-reactive ketones (excluding diaryl/α,β-unsaturated/α-hetero) is 1. The van der Waals surface area contributed by atoms with Gasteiger partial charge in [0.2, 0.25) is 0 Å². The summed E-state index contributed by atoms with van der Waals surface area (Å²) in [7, 11) is 0. The zero-order chi connectivity index (χ0) is 30.6. The van der Waals surface area contributed by atoms with Crippen LogP contribution in [0.15, 0.2) is 18.2 Å². The lowest BCUT2D eigenvalue weighted by molar-refractivity contribution is -0.137. The van der Waals surface area contributed by atoms with Crippen molar-refractivity contribution in [2.75, 3.05) is 44.4 Å². The molecule has 0 saturated carbocycles. The number of rotatable bonds is 13. The normalized spacial score (nSPS) is 14.8. The molecule has 42 heavy (non-hydrogen) atoms. The highest BCUT2D eigenvalue weighted by Gasteiger charge is 2.34. The number of ketones is 1. The zero-order valence-corrected chi connectivity index (χ0v) is 25.3.